The van der Waals surface area contributed by atoms with Gasteiger partial charge in [-0.25, -0.2) is 0 Å². The van der Waals surface area contributed by atoms with E-state index in [1.54, 1.807) is 0 Å². The third-order valence-corrected chi connectivity index (χ3v) is 3.01. The molecule has 7 heteroatoms. The van der Waals surface area contributed by atoms with Crippen LogP contribution in [0.1, 0.15) is 38.3 Å². The minimum atomic E-state index is -4.18. The molecular weight excluding hydrogens is 319 g/mol. The van der Waals surface area contributed by atoms with E-state index in [-0.39, 0.29) is 12.1 Å². The number of nitrogens with zero attached hydrogens (tertiary/aromatic N) is 1. The second kappa shape index (κ2) is 8.26. The molecule has 1 aromatic carbocycles. The lowest BCUT2D eigenvalue weighted by Gasteiger charge is -2.24. The number of aliphatic imine (C=N–C) groups is 1. The fourth-order valence-corrected chi connectivity index (χ4v) is 1.95. The van der Waals surface area contributed by atoms with Crippen LogP contribution in [0, 0.1) is 6.92 Å². The smallest absolute Gasteiger partial charge is 0.390 e. The van der Waals surface area contributed by atoms with E-state index in [4.69, 9.17) is 4.74 Å². The second-order valence-corrected chi connectivity index (χ2v) is 6.54. The highest BCUT2D eigenvalue weighted by Gasteiger charge is 2.26. The van der Waals surface area contributed by atoms with Crippen molar-refractivity contribution in [3.63, 3.8) is 0 Å². The molecule has 0 spiro atoms. The maximum Gasteiger partial charge on any atom is 0.390 e. The molecule has 0 aliphatic carbocycles. The van der Waals surface area contributed by atoms with Crippen LogP contribution in [0.3, 0.4) is 0 Å². The Morgan fingerprint density at radius 3 is 2.38 bits per heavy atom. The van der Waals surface area contributed by atoms with E-state index in [9.17, 15) is 13.2 Å². The molecule has 0 saturated carbocycles. The number of alkyl halides is 3. The standard InChI is InChI=1S/C17H26F3N3O/c1-12-6-7-13(14(10-12)24-16(2,3)4)11-23-15(21-5)22-9-8-17(18,19)20/h6-7,10H,8-9,11H2,1-5H3,(H2,21,22,23). The average molecular weight is 345 g/mol. The number of guanidine groups is 1. The third-order valence-electron chi connectivity index (χ3n) is 3.01. The number of hydrogen-bond donors (Lipinski definition) is 2. The number of halogens is 3. The molecule has 2 N–H and O–H groups in total. The van der Waals surface area contributed by atoms with Crippen molar-refractivity contribution in [2.24, 2.45) is 4.99 Å². The predicted molar refractivity (Wildman–Crippen MR) is 90.4 cm³/mol. The van der Waals surface area contributed by atoms with E-state index >= 15 is 0 Å². The number of hydrogen-bond acceptors (Lipinski definition) is 2. The Kier molecular flexibility index (Phi) is 6.93. The van der Waals surface area contributed by atoms with Gasteiger partial charge in [0.1, 0.15) is 11.4 Å². The summed E-state index contributed by atoms with van der Waals surface area (Å²) in [6.07, 6.45) is -5.09. The van der Waals surface area contributed by atoms with Gasteiger partial charge in [0.2, 0.25) is 0 Å². The fraction of sp³-hybridized carbons (Fsp3) is 0.588. The average Bonchev–Trinajstić information content (AvgIpc) is 2.41. The van der Waals surface area contributed by atoms with Gasteiger partial charge in [-0.05, 0) is 39.3 Å². The van der Waals surface area contributed by atoms with Crippen molar-refractivity contribution in [3.05, 3.63) is 29.3 Å². The Balaban J connectivity index is 2.68. The molecule has 0 aliphatic heterocycles. The monoisotopic (exact) mass is 345 g/mol. The summed E-state index contributed by atoms with van der Waals surface area (Å²) >= 11 is 0. The summed E-state index contributed by atoms with van der Waals surface area (Å²) in [5.41, 5.74) is 1.65. The lowest BCUT2D eigenvalue weighted by molar-refractivity contribution is -0.132. The van der Waals surface area contributed by atoms with Crippen LogP contribution < -0.4 is 15.4 Å². The number of rotatable bonds is 5. The predicted octanol–water partition coefficient (Wildman–Crippen LogP) is 3.79. The van der Waals surface area contributed by atoms with Gasteiger partial charge >= 0.3 is 6.18 Å². The zero-order valence-corrected chi connectivity index (χ0v) is 14.8. The lowest BCUT2D eigenvalue weighted by Crippen LogP contribution is -2.38. The van der Waals surface area contributed by atoms with Crippen molar-refractivity contribution in [2.45, 2.75) is 52.4 Å². The minimum absolute atomic E-state index is 0.220. The summed E-state index contributed by atoms with van der Waals surface area (Å²) in [6, 6.07) is 5.85. The normalized spacial score (nSPS) is 12.9. The van der Waals surface area contributed by atoms with Crippen molar-refractivity contribution in [1.82, 2.24) is 10.6 Å². The molecule has 0 bridgehead atoms. The van der Waals surface area contributed by atoms with Crippen molar-refractivity contribution in [3.8, 4) is 5.75 Å². The summed E-state index contributed by atoms with van der Waals surface area (Å²) < 4.78 is 42.5. The highest BCUT2D eigenvalue weighted by molar-refractivity contribution is 5.79. The quantitative estimate of drug-likeness (QED) is 0.630. The fourth-order valence-electron chi connectivity index (χ4n) is 1.95. The van der Waals surface area contributed by atoms with Crippen LogP contribution in [0.15, 0.2) is 23.2 Å². The first kappa shape index (κ1) is 20.1. The molecule has 0 atom stereocenters. The van der Waals surface area contributed by atoms with E-state index in [0.717, 1.165) is 16.9 Å². The van der Waals surface area contributed by atoms with Gasteiger partial charge in [-0.3, -0.25) is 4.99 Å². The van der Waals surface area contributed by atoms with E-state index in [0.29, 0.717) is 12.5 Å². The highest BCUT2D eigenvalue weighted by Crippen LogP contribution is 2.24. The Morgan fingerprint density at radius 1 is 1.17 bits per heavy atom. The highest BCUT2D eigenvalue weighted by atomic mass is 19.4. The van der Waals surface area contributed by atoms with Crippen molar-refractivity contribution < 1.29 is 17.9 Å². The molecule has 0 aliphatic rings. The Labute approximate surface area is 141 Å². The zero-order chi connectivity index (χ0) is 18.4. The Hall–Kier alpha value is -1.92. The molecule has 0 fully saturated rings. The van der Waals surface area contributed by atoms with Gasteiger partial charge in [0.15, 0.2) is 5.96 Å². The summed E-state index contributed by atoms with van der Waals surface area (Å²) in [7, 11) is 1.52. The van der Waals surface area contributed by atoms with Crippen molar-refractivity contribution in [2.75, 3.05) is 13.6 Å². The first-order valence-electron chi connectivity index (χ1n) is 7.80. The molecule has 1 rings (SSSR count). The lowest BCUT2D eigenvalue weighted by atomic mass is 10.1. The molecule has 0 radical (unpaired) electrons. The van der Waals surface area contributed by atoms with Gasteiger partial charge in [0, 0.05) is 25.7 Å². The van der Waals surface area contributed by atoms with Gasteiger partial charge < -0.3 is 15.4 Å². The van der Waals surface area contributed by atoms with Crippen LogP contribution in [0.25, 0.3) is 0 Å². The summed E-state index contributed by atoms with van der Waals surface area (Å²) in [5, 5.41) is 5.66. The van der Waals surface area contributed by atoms with Gasteiger partial charge in [0.25, 0.3) is 0 Å². The van der Waals surface area contributed by atoms with Crippen molar-refractivity contribution >= 4 is 5.96 Å². The molecular formula is C17H26F3N3O. The molecule has 24 heavy (non-hydrogen) atoms. The van der Waals surface area contributed by atoms with Crippen LogP contribution >= 0.6 is 0 Å². The second-order valence-electron chi connectivity index (χ2n) is 6.54. The summed E-state index contributed by atoms with van der Waals surface area (Å²) in [4.78, 5) is 3.93. The zero-order valence-electron chi connectivity index (χ0n) is 14.8. The van der Waals surface area contributed by atoms with E-state index in [1.165, 1.54) is 7.05 Å². The molecule has 1 aromatic rings. The van der Waals surface area contributed by atoms with Crippen LogP contribution in [0.5, 0.6) is 5.75 Å². The first-order valence-corrected chi connectivity index (χ1v) is 7.80. The third kappa shape index (κ3) is 8.08. The van der Waals surface area contributed by atoms with E-state index < -0.39 is 12.6 Å². The maximum atomic E-state index is 12.2. The van der Waals surface area contributed by atoms with Gasteiger partial charge in [-0.15, -0.1) is 0 Å². The molecule has 0 heterocycles. The number of nitrogens with one attached hydrogen (secondary N) is 2. The van der Waals surface area contributed by atoms with E-state index in [1.807, 2.05) is 45.9 Å². The first-order chi connectivity index (χ1) is 11.0. The summed E-state index contributed by atoms with van der Waals surface area (Å²) in [5.74, 6) is 1.07. The molecule has 0 saturated heterocycles. The van der Waals surface area contributed by atoms with Gasteiger partial charge in [0.05, 0.1) is 6.42 Å². The molecule has 0 amide bonds. The Morgan fingerprint density at radius 2 is 1.83 bits per heavy atom. The summed E-state index contributed by atoms with van der Waals surface area (Å²) in [6.45, 7) is 8.04. The molecule has 0 unspecified atom stereocenters. The molecule has 136 valence electrons. The van der Waals surface area contributed by atoms with Crippen LogP contribution in [0.2, 0.25) is 0 Å². The maximum absolute atomic E-state index is 12.2. The van der Waals surface area contributed by atoms with Crippen LogP contribution in [-0.2, 0) is 6.54 Å². The minimum Gasteiger partial charge on any atom is -0.488 e. The largest absolute Gasteiger partial charge is 0.488 e. The van der Waals surface area contributed by atoms with Crippen LogP contribution in [-0.4, -0.2) is 31.3 Å². The molecule has 4 nitrogen and oxygen atoms in total. The number of aryl methyl sites for hydroxylation is 1. The number of ether oxygens (including phenoxy) is 1. The van der Waals surface area contributed by atoms with Gasteiger partial charge in [-0.2, -0.15) is 13.2 Å². The molecule has 0 aromatic heterocycles. The topological polar surface area (TPSA) is 45.7 Å². The van der Waals surface area contributed by atoms with Crippen molar-refractivity contribution in [1.29, 1.82) is 0 Å². The number of benzene rings is 1. The SMILES string of the molecule is CN=C(NCCC(F)(F)F)NCc1ccc(C)cc1OC(C)(C)C. The Bertz CT molecular complexity index is 563. The van der Waals surface area contributed by atoms with Crippen LogP contribution in [0.4, 0.5) is 13.2 Å². The van der Waals surface area contributed by atoms with E-state index in [2.05, 4.69) is 15.6 Å². The van der Waals surface area contributed by atoms with Gasteiger partial charge in [-0.1, -0.05) is 12.1 Å².